The average molecular weight is 469 g/mol. The number of anilines is 2. The van der Waals surface area contributed by atoms with Crippen LogP contribution in [-0.2, 0) is 9.59 Å². The van der Waals surface area contributed by atoms with Crippen molar-refractivity contribution in [3.05, 3.63) is 98.5 Å². The summed E-state index contributed by atoms with van der Waals surface area (Å²) in [5, 5.41) is 3.81. The summed E-state index contributed by atoms with van der Waals surface area (Å²) in [6, 6.07) is 20.1. The van der Waals surface area contributed by atoms with Gasteiger partial charge in [0.1, 0.15) is 10.6 Å². The second kappa shape index (κ2) is 8.79. The van der Waals surface area contributed by atoms with Crippen molar-refractivity contribution in [1.29, 1.82) is 0 Å². The summed E-state index contributed by atoms with van der Waals surface area (Å²) in [4.78, 5) is 29.0. The molecule has 156 valence electrons. The molecule has 0 saturated carbocycles. The van der Waals surface area contributed by atoms with Crippen molar-refractivity contribution >= 4 is 58.2 Å². The van der Waals surface area contributed by atoms with Crippen LogP contribution in [0.3, 0.4) is 0 Å². The van der Waals surface area contributed by atoms with Gasteiger partial charge in [0.15, 0.2) is 0 Å². The van der Waals surface area contributed by atoms with Crippen LogP contribution in [0.25, 0.3) is 0 Å². The summed E-state index contributed by atoms with van der Waals surface area (Å²) in [5.74, 6) is -0.856. The van der Waals surface area contributed by atoms with Crippen LogP contribution in [0.5, 0.6) is 0 Å². The molecule has 2 amide bonds. The van der Waals surface area contributed by atoms with Crippen molar-refractivity contribution in [2.75, 3.05) is 10.2 Å². The normalized spacial score (nSPS) is 13.9. The predicted octanol–water partition coefficient (Wildman–Crippen LogP) is 6.60. The Bertz CT molecular complexity index is 1210. The maximum Gasteiger partial charge on any atom is 0.283 e. The van der Waals surface area contributed by atoms with Gasteiger partial charge in [-0.05, 0) is 67.4 Å². The largest absolute Gasteiger partial charge is 0.350 e. The van der Waals surface area contributed by atoms with Crippen LogP contribution in [0.15, 0.2) is 82.2 Å². The van der Waals surface area contributed by atoms with E-state index >= 15 is 0 Å². The van der Waals surface area contributed by atoms with E-state index in [9.17, 15) is 9.59 Å². The second-order valence-electron chi connectivity index (χ2n) is 7.16. The standard InChI is InChI=1S/C24H18Cl2N2O2S/c1-14-10-15(2)12-16(11-14)27-21-22(31-18-6-4-3-5-7-18)24(30)28(23(21)29)17-8-9-19(25)20(26)13-17/h3-13,27H,1-2H3. The number of aryl methyl sites for hydroxylation is 2. The van der Waals surface area contributed by atoms with Gasteiger partial charge in [-0.1, -0.05) is 59.2 Å². The molecule has 0 unspecified atom stereocenters. The molecule has 0 aliphatic carbocycles. The zero-order valence-electron chi connectivity index (χ0n) is 16.8. The molecular weight excluding hydrogens is 451 g/mol. The second-order valence-corrected chi connectivity index (χ2v) is 9.06. The third kappa shape index (κ3) is 4.49. The Hall–Kier alpha value is -2.73. The summed E-state index contributed by atoms with van der Waals surface area (Å²) >= 11 is 13.4. The number of nitrogens with zero attached hydrogens (tertiary/aromatic N) is 1. The first-order chi connectivity index (χ1) is 14.8. The molecule has 4 rings (SSSR count). The van der Waals surface area contributed by atoms with E-state index in [1.54, 1.807) is 12.1 Å². The Morgan fingerprint density at radius 1 is 0.806 bits per heavy atom. The Morgan fingerprint density at radius 2 is 1.48 bits per heavy atom. The Balaban J connectivity index is 1.77. The number of benzene rings is 3. The van der Waals surface area contributed by atoms with Gasteiger partial charge in [0.2, 0.25) is 0 Å². The highest BCUT2D eigenvalue weighted by atomic mass is 35.5. The first-order valence-corrected chi connectivity index (χ1v) is 11.1. The van der Waals surface area contributed by atoms with Crippen LogP contribution in [0.2, 0.25) is 10.0 Å². The molecule has 0 atom stereocenters. The molecule has 0 saturated heterocycles. The molecule has 3 aromatic carbocycles. The summed E-state index contributed by atoms with van der Waals surface area (Å²) in [5.41, 5.74) is 3.45. The highest BCUT2D eigenvalue weighted by Gasteiger charge is 2.40. The van der Waals surface area contributed by atoms with Crippen molar-refractivity contribution in [2.45, 2.75) is 18.7 Å². The van der Waals surface area contributed by atoms with Gasteiger partial charge in [0.05, 0.1) is 15.7 Å². The van der Waals surface area contributed by atoms with E-state index in [0.29, 0.717) is 15.6 Å². The molecule has 1 N–H and O–H groups in total. The highest BCUT2D eigenvalue weighted by molar-refractivity contribution is 8.04. The lowest BCUT2D eigenvalue weighted by Crippen LogP contribution is -2.32. The fourth-order valence-corrected chi connectivity index (χ4v) is 4.61. The molecule has 1 heterocycles. The minimum atomic E-state index is -0.444. The molecule has 1 aliphatic rings. The molecule has 7 heteroatoms. The van der Waals surface area contributed by atoms with E-state index in [1.807, 2.05) is 62.4 Å². The topological polar surface area (TPSA) is 49.4 Å². The lowest BCUT2D eigenvalue weighted by atomic mass is 10.1. The predicted molar refractivity (Wildman–Crippen MR) is 128 cm³/mol. The van der Waals surface area contributed by atoms with Gasteiger partial charge < -0.3 is 5.32 Å². The van der Waals surface area contributed by atoms with Crippen LogP contribution in [0, 0.1) is 13.8 Å². The third-order valence-electron chi connectivity index (χ3n) is 4.66. The monoisotopic (exact) mass is 468 g/mol. The lowest BCUT2D eigenvalue weighted by molar-refractivity contribution is -0.120. The molecule has 1 aliphatic heterocycles. The quantitative estimate of drug-likeness (QED) is 0.428. The average Bonchev–Trinajstić information content (AvgIpc) is 2.94. The number of imide groups is 1. The number of hydrogen-bond acceptors (Lipinski definition) is 4. The number of carbonyl (C=O) groups is 2. The van der Waals surface area contributed by atoms with Gasteiger partial charge in [0, 0.05) is 10.6 Å². The summed E-state index contributed by atoms with van der Waals surface area (Å²) in [6.45, 7) is 3.96. The van der Waals surface area contributed by atoms with Crippen molar-refractivity contribution in [1.82, 2.24) is 0 Å². The number of hydrogen-bond donors (Lipinski definition) is 1. The maximum atomic E-state index is 13.4. The van der Waals surface area contributed by atoms with Crippen molar-refractivity contribution < 1.29 is 9.59 Å². The molecule has 0 fully saturated rings. The number of nitrogens with one attached hydrogen (secondary N) is 1. The third-order valence-corrected chi connectivity index (χ3v) is 6.49. The highest BCUT2D eigenvalue weighted by Crippen LogP contribution is 2.39. The summed E-state index contributed by atoms with van der Waals surface area (Å²) in [6.07, 6.45) is 0. The molecule has 0 spiro atoms. The van der Waals surface area contributed by atoms with Gasteiger partial charge in [-0.25, -0.2) is 4.90 Å². The minimum absolute atomic E-state index is 0.231. The van der Waals surface area contributed by atoms with E-state index in [0.717, 1.165) is 26.6 Å². The molecule has 31 heavy (non-hydrogen) atoms. The van der Waals surface area contributed by atoms with Gasteiger partial charge in [-0.2, -0.15) is 0 Å². The van der Waals surface area contributed by atoms with Crippen LogP contribution >= 0.6 is 35.0 Å². The molecule has 0 bridgehead atoms. The van der Waals surface area contributed by atoms with E-state index < -0.39 is 11.8 Å². The van der Waals surface area contributed by atoms with Crippen LogP contribution < -0.4 is 10.2 Å². The molecular formula is C24H18Cl2N2O2S. The van der Waals surface area contributed by atoms with Crippen molar-refractivity contribution in [3.8, 4) is 0 Å². The first kappa shape index (κ1) is 21.5. The molecule has 0 aromatic heterocycles. The van der Waals surface area contributed by atoms with E-state index in [2.05, 4.69) is 5.32 Å². The van der Waals surface area contributed by atoms with Gasteiger partial charge >= 0.3 is 0 Å². The Kier molecular flexibility index (Phi) is 6.10. The van der Waals surface area contributed by atoms with Gasteiger partial charge in [-0.3, -0.25) is 9.59 Å². The minimum Gasteiger partial charge on any atom is -0.350 e. The SMILES string of the molecule is Cc1cc(C)cc(NC2=C(Sc3ccccc3)C(=O)N(c3ccc(Cl)c(Cl)c3)C2=O)c1. The van der Waals surface area contributed by atoms with Crippen molar-refractivity contribution in [2.24, 2.45) is 0 Å². The first-order valence-electron chi connectivity index (χ1n) is 9.50. The van der Waals surface area contributed by atoms with Gasteiger partial charge in [0.25, 0.3) is 11.8 Å². The molecule has 0 radical (unpaired) electrons. The van der Waals surface area contributed by atoms with E-state index in [-0.39, 0.29) is 10.7 Å². The van der Waals surface area contributed by atoms with Crippen molar-refractivity contribution in [3.63, 3.8) is 0 Å². The number of carbonyl (C=O) groups excluding carboxylic acids is 2. The summed E-state index contributed by atoms with van der Waals surface area (Å²) < 4.78 is 0. The fraction of sp³-hybridized carbons (Fsp3) is 0.0833. The number of thioether (sulfide) groups is 1. The van der Waals surface area contributed by atoms with Crippen LogP contribution in [-0.4, -0.2) is 11.8 Å². The molecule has 3 aromatic rings. The van der Waals surface area contributed by atoms with Crippen LogP contribution in [0.4, 0.5) is 11.4 Å². The van der Waals surface area contributed by atoms with Gasteiger partial charge in [-0.15, -0.1) is 0 Å². The van der Waals surface area contributed by atoms with Crippen LogP contribution in [0.1, 0.15) is 11.1 Å². The lowest BCUT2D eigenvalue weighted by Gasteiger charge is -2.16. The zero-order valence-corrected chi connectivity index (χ0v) is 19.1. The zero-order chi connectivity index (χ0) is 22.1. The number of halogens is 2. The fourth-order valence-electron chi connectivity index (χ4n) is 3.37. The summed E-state index contributed by atoms with van der Waals surface area (Å²) in [7, 11) is 0. The van der Waals surface area contributed by atoms with E-state index in [1.165, 1.54) is 17.8 Å². The maximum absolute atomic E-state index is 13.4. The number of rotatable bonds is 5. The Labute approximate surface area is 194 Å². The molecule has 4 nitrogen and oxygen atoms in total. The smallest absolute Gasteiger partial charge is 0.283 e. The number of amides is 2. The Morgan fingerprint density at radius 3 is 2.13 bits per heavy atom. The van der Waals surface area contributed by atoms with E-state index in [4.69, 9.17) is 23.2 Å².